The number of aryl methyl sites for hydroxylation is 2. The minimum atomic E-state index is -3.19. The molecule has 1 aromatic rings. The largest absolute Gasteiger partial charge is 0.359 e. The van der Waals surface area contributed by atoms with Gasteiger partial charge in [0.05, 0.1) is 12.8 Å². The third-order valence-electron chi connectivity index (χ3n) is 5.57. The molecule has 1 heterocycles. The minimum Gasteiger partial charge on any atom is -0.359 e. The first-order chi connectivity index (χ1) is 12.7. The zero-order valence-electron chi connectivity index (χ0n) is 17.2. The van der Waals surface area contributed by atoms with Gasteiger partial charge in [0.1, 0.15) is 0 Å². The summed E-state index contributed by atoms with van der Waals surface area (Å²) in [6, 6.07) is 6.65. The molecule has 152 valence electrons. The van der Waals surface area contributed by atoms with E-state index in [0.717, 1.165) is 18.5 Å². The summed E-state index contributed by atoms with van der Waals surface area (Å²) in [5.74, 6) is 0.0632. The first-order valence-electron chi connectivity index (χ1n) is 9.74. The summed E-state index contributed by atoms with van der Waals surface area (Å²) in [6.45, 7) is 10.5. The number of amides is 1. The average molecular weight is 396 g/mol. The second kappa shape index (κ2) is 9.06. The number of hydrogen-bond acceptors (Lipinski definition) is 4. The van der Waals surface area contributed by atoms with Gasteiger partial charge in [-0.25, -0.2) is 8.42 Å². The van der Waals surface area contributed by atoms with Crippen LogP contribution in [0.5, 0.6) is 0 Å². The van der Waals surface area contributed by atoms with E-state index in [1.165, 1.54) is 21.7 Å². The summed E-state index contributed by atoms with van der Waals surface area (Å²) in [4.78, 5) is 16.9. The Morgan fingerprint density at radius 1 is 1.07 bits per heavy atom. The van der Waals surface area contributed by atoms with Gasteiger partial charge in [0, 0.05) is 37.9 Å². The molecular weight excluding hydrogens is 362 g/mol. The van der Waals surface area contributed by atoms with Crippen molar-refractivity contribution in [2.24, 2.45) is 0 Å². The molecule has 1 aliphatic rings. The van der Waals surface area contributed by atoms with E-state index in [0.29, 0.717) is 38.8 Å². The number of benzene rings is 1. The summed E-state index contributed by atoms with van der Waals surface area (Å²) >= 11 is 0. The maximum Gasteiger partial charge on any atom is 0.242 e. The smallest absolute Gasteiger partial charge is 0.242 e. The fraction of sp³-hybridized carbons (Fsp3) is 0.650. The lowest BCUT2D eigenvalue weighted by Crippen LogP contribution is -2.53. The summed E-state index contributed by atoms with van der Waals surface area (Å²) < 4.78 is 24.8. The van der Waals surface area contributed by atoms with E-state index in [1.807, 2.05) is 0 Å². The molecule has 1 amide bonds. The molecule has 27 heavy (non-hydrogen) atoms. The van der Waals surface area contributed by atoms with E-state index in [2.05, 4.69) is 50.8 Å². The molecule has 0 atom stereocenters. The van der Waals surface area contributed by atoms with Crippen molar-refractivity contribution < 1.29 is 13.2 Å². The molecule has 0 N–H and O–H groups in total. The Bertz CT molecular complexity index is 752. The lowest BCUT2D eigenvalue weighted by molar-refractivity contribution is -0.131. The lowest BCUT2D eigenvalue weighted by Gasteiger charge is -2.37. The van der Waals surface area contributed by atoms with Gasteiger partial charge in [-0.1, -0.05) is 19.9 Å². The van der Waals surface area contributed by atoms with Gasteiger partial charge in [-0.05, 0) is 49.9 Å². The number of carbonyl (C=O) groups is 1. The number of sulfonamides is 1. The summed E-state index contributed by atoms with van der Waals surface area (Å²) in [7, 11) is -3.19. The van der Waals surface area contributed by atoms with Crippen molar-refractivity contribution in [1.29, 1.82) is 0 Å². The van der Waals surface area contributed by atoms with Crippen molar-refractivity contribution in [2.75, 3.05) is 43.9 Å². The molecule has 0 saturated carbocycles. The quantitative estimate of drug-likeness (QED) is 0.711. The second-order valence-electron chi connectivity index (χ2n) is 7.41. The van der Waals surface area contributed by atoms with Crippen molar-refractivity contribution in [3.8, 4) is 0 Å². The van der Waals surface area contributed by atoms with E-state index in [4.69, 9.17) is 0 Å². The monoisotopic (exact) mass is 395 g/mol. The normalized spacial score (nSPS) is 16.0. The molecule has 7 heteroatoms. The first-order valence-corrected chi connectivity index (χ1v) is 11.6. The summed E-state index contributed by atoms with van der Waals surface area (Å²) in [5.41, 5.74) is 3.54. The van der Waals surface area contributed by atoms with Crippen LogP contribution >= 0.6 is 0 Å². The molecule has 2 rings (SSSR count). The standard InChI is InChI=1S/C20H33N3O3S/c1-6-18(7-2)23(19-9-8-16(3)17(4)14-19)15-20(24)21-10-12-22(13-11-21)27(5,25)26/h8-9,14,18H,6-7,10-13,15H2,1-5H3. The summed E-state index contributed by atoms with van der Waals surface area (Å²) in [5, 5.41) is 0. The third-order valence-corrected chi connectivity index (χ3v) is 6.87. The maximum absolute atomic E-state index is 12.9. The van der Waals surface area contributed by atoms with Crippen LogP contribution in [0.2, 0.25) is 0 Å². The van der Waals surface area contributed by atoms with E-state index in [1.54, 1.807) is 4.90 Å². The Balaban J connectivity index is 2.13. The molecule has 0 spiro atoms. The Labute approximate surface area is 164 Å². The van der Waals surface area contributed by atoms with Crippen LogP contribution in [0.25, 0.3) is 0 Å². The highest BCUT2D eigenvalue weighted by molar-refractivity contribution is 7.88. The van der Waals surface area contributed by atoms with Crippen molar-refractivity contribution in [1.82, 2.24) is 9.21 Å². The van der Waals surface area contributed by atoms with Crippen molar-refractivity contribution in [2.45, 2.75) is 46.6 Å². The van der Waals surface area contributed by atoms with Crippen molar-refractivity contribution in [3.05, 3.63) is 29.3 Å². The zero-order chi connectivity index (χ0) is 20.2. The topological polar surface area (TPSA) is 60.9 Å². The molecule has 0 aromatic heterocycles. The molecule has 0 aliphatic carbocycles. The van der Waals surface area contributed by atoms with Gasteiger partial charge < -0.3 is 9.80 Å². The molecule has 0 bridgehead atoms. The van der Waals surface area contributed by atoms with E-state index >= 15 is 0 Å². The van der Waals surface area contributed by atoms with Crippen LogP contribution in [0, 0.1) is 13.8 Å². The van der Waals surface area contributed by atoms with Gasteiger partial charge >= 0.3 is 0 Å². The maximum atomic E-state index is 12.9. The van der Waals surface area contributed by atoms with Gasteiger partial charge in [-0.2, -0.15) is 4.31 Å². The highest BCUT2D eigenvalue weighted by Crippen LogP contribution is 2.24. The molecule has 6 nitrogen and oxygen atoms in total. The van der Waals surface area contributed by atoms with Gasteiger partial charge in [-0.15, -0.1) is 0 Å². The second-order valence-corrected chi connectivity index (χ2v) is 9.39. The Morgan fingerprint density at radius 2 is 1.67 bits per heavy atom. The highest BCUT2D eigenvalue weighted by atomic mass is 32.2. The van der Waals surface area contributed by atoms with Crippen molar-refractivity contribution in [3.63, 3.8) is 0 Å². The summed E-state index contributed by atoms with van der Waals surface area (Å²) in [6.07, 6.45) is 3.16. The van der Waals surface area contributed by atoms with Gasteiger partial charge in [0.25, 0.3) is 0 Å². The predicted octanol–water partition coefficient (Wildman–Crippen LogP) is 2.40. The number of rotatable bonds is 7. The molecular formula is C20H33N3O3S. The number of nitrogens with zero attached hydrogens (tertiary/aromatic N) is 3. The molecule has 0 unspecified atom stereocenters. The van der Waals surface area contributed by atoms with E-state index in [-0.39, 0.29) is 5.91 Å². The fourth-order valence-corrected chi connectivity index (χ4v) is 4.41. The average Bonchev–Trinajstić information content (AvgIpc) is 2.63. The van der Waals surface area contributed by atoms with Crippen LogP contribution in [0.3, 0.4) is 0 Å². The van der Waals surface area contributed by atoms with Gasteiger partial charge in [0.2, 0.25) is 15.9 Å². The first kappa shape index (κ1) is 21.7. The van der Waals surface area contributed by atoms with Crippen LogP contribution in [0.1, 0.15) is 37.8 Å². The number of hydrogen-bond donors (Lipinski definition) is 0. The van der Waals surface area contributed by atoms with Gasteiger partial charge in [-0.3, -0.25) is 4.79 Å². The van der Waals surface area contributed by atoms with Crippen LogP contribution in [0.15, 0.2) is 18.2 Å². The number of carbonyl (C=O) groups excluding carboxylic acids is 1. The molecule has 1 aliphatic heterocycles. The fourth-order valence-electron chi connectivity index (χ4n) is 3.58. The SMILES string of the molecule is CCC(CC)N(CC(=O)N1CCN(S(C)(=O)=O)CC1)c1ccc(C)c(C)c1. The Morgan fingerprint density at radius 3 is 2.15 bits per heavy atom. The Hall–Kier alpha value is -1.60. The molecule has 1 aromatic carbocycles. The number of anilines is 1. The predicted molar refractivity (Wildman–Crippen MR) is 111 cm³/mol. The lowest BCUT2D eigenvalue weighted by atomic mass is 10.1. The van der Waals surface area contributed by atoms with Gasteiger partial charge in [0.15, 0.2) is 0 Å². The van der Waals surface area contributed by atoms with Crippen LogP contribution in [0.4, 0.5) is 5.69 Å². The van der Waals surface area contributed by atoms with Crippen LogP contribution < -0.4 is 4.90 Å². The van der Waals surface area contributed by atoms with E-state index in [9.17, 15) is 13.2 Å². The molecule has 1 fully saturated rings. The molecule has 0 radical (unpaired) electrons. The van der Waals surface area contributed by atoms with Crippen molar-refractivity contribution >= 4 is 21.6 Å². The van der Waals surface area contributed by atoms with Crippen LogP contribution in [-0.4, -0.2) is 68.6 Å². The molecule has 1 saturated heterocycles. The number of piperazine rings is 1. The zero-order valence-corrected chi connectivity index (χ0v) is 18.1. The Kier molecular flexibility index (Phi) is 7.28. The minimum absolute atomic E-state index is 0.0632. The van der Waals surface area contributed by atoms with E-state index < -0.39 is 10.0 Å². The van der Waals surface area contributed by atoms with Crippen LogP contribution in [-0.2, 0) is 14.8 Å². The highest BCUT2D eigenvalue weighted by Gasteiger charge is 2.28. The third kappa shape index (κ3) is 5.45.